The van der Waals surface area contributed by atoms with Gasteiger partial charge in [-0.3, -0.25) is 9.69 Å². The first kappa shape index (κ1) is 16.4. The van der Waals surface area contributed by atoms with Gasteiger partial charge in [0.05, 0.1) is 17.4 Å². The van der Waals surface area contributed by atoms with E-state index in [9.17, 15) is 19.1 Å². The average molecular weight is 362 g/mol. The molecule has 5 nitrogen and oxygen atoms in total. The van der Waals surface area contributed by atoms with Gasteiger partial charge >= 0.3 is 0 Å². The van der Waals surface area contributed by atoms with Crippen molar-refractivity contribution in [1.29, 1.82) is 0 Å². The molecule has 24 heavy (non-hydrogen) atoms. The van der Waals surface area contributed by atoms with Crippen molar-refractivity contribution in [2.45, 2.75) is 0 Å². The molecule has 2 aromatic rings. The van der Waals surface area contributed by atoms with Crippen LogP contribution in [0.15, 0.2) is 45.7 Å². The summed E-state index contributed by atoms with van der Waals surface area (Å²) in [6, 6.07) is 9.16. The van der Waals surface area contributed by atoms with E-state index in [0.29, 0.717) is 17.1 Å². The summed E-state index contributed by atoms with van der Waals surface area (Å²) in [5.41, 5.74) is 0.695. The molecule has 0 radical (unpaired) electrons. The second-order valence-electron chi connectivity index (χ2n) is 4.85. The summed E-state index contributed by atoms with van der Waals surface area (Å²) in [6.07, 6.45) is 1.49. The first-order valence-electron chi connectivity index (χ1n) is 6.75. The molecule has 0 bridgehead atoms. The predicted molar refractivity (Wildman–Crippen MR) is 89.0 cm³/mol. The van der Waals surface area contributed by atoms with Crippen LogP contribution in [0.5, 0.6) is 0 Å². The Balaban J connectivity index is 1.82. The maximum absolute atomic E-state index is 12.9. The number of amides is 1. The molecule has 122 valence electrons. The summed E-state index contributed by atoms with van der Waals surface area (Å²) in [5.74, 6) is -1.31. The highest BCUT2D eigenvalue weighted by Gasteiger charge is 2.32. The number of thiocarbonyl (C=S) groups is 1. The molecule has 0 unspecified atom stereocenters. The van der Waals surface area contributed by atoms with Gasteiger partial charge in [0, 0.05) is 11.6 Å². The Kier molecular flexibility index (Phi) is 4.50. The Bertz CT molecular complexity index is 857. The lowest BCUT2D eigenvalue weighted by molar-refractivity contribution is -0.305. The third-order valence-corrected chi connectivity index (χ3v) is 4.57. The maximum atomic E-state index is 12.9. The van der Waals surface area contributed by atoms with Crippen molar-refractivity contribution in [2.24, 2.45) is 0 Å². The Morgan fingerprint density at radius 2 is 2.00 bits per heavy atom. The number of hydrogen-bond acceptors (Lipinski definition) is 6. The van der Waals surface area contributed by atoms with E-state index in [1.54, 1.807) is 24.3 Å². The second-order valence-corrected chi connectivity index (χ2v) is 6.52. The average Bonchev–Trinajstić information content (AvgIpc) is 3.09. The molecule has 1 saturated heterocycles. The third-order valence-electron chi connectivity index (χ3n) is 3.19. The van der Waals surface area contributed by atoms with Gasteiger partial charge in [0.25, 0.3) is 5.91 Å². The summed E-state index contributed by atoms with van der Waals surface area (Å²) < 4.78 is 18.7. The first-order valence-corrected chi connectivity index (χ1v) is 7.97. The fourth-order valence-electron chi connectivity index (χ4n) is 2.09. The number of nitrogens with zero attached hydrogens (tertiary/aromatic N) is 1. The van der Waals surface area contributed by atoms with Crippen LogP contribution in [0.2, 0.25) is 0 Å². The van der Waals surface area contributed by atoms with E-state index in [2.05, 4.69) is 0 Å². The standard InChI is InChI=1S/C16H10FNO4S2/c17-10-3-1-9(2-4-10)12-6-5-11(22-12)7-13-15(21)18(8-14(19)20)16(23)24-13/h1-7H,8H2,(H,19,20)/p-1/b13-7+. The maximum Gasteiger partial charge on any atom is 0.266 e. The van der Waals surface area contributed by atoms with E-state index in [1.165, 1.54) is 18.2 Å². The van der Waals surface area contributed by atoms with E-state index in [-0.39, 0.29) is 15.0 Å². The Hall–Kier alpha value is -2.45. The number of furan rings is 1. The van der Waals surface area contributed by atoms with E-state index in [0.717, 1.165) is 16.7 Å². The van der Waals surface area contributed by atoms with Gasteiger partial charge in [-0.1, -0.05) is 24.0 Å². The van der Waals surface area contributed by atoms with Gasteiger partial charge < -0.3 is 14.3 Å². The normalized spacial score (nSPS) is 16.2. The summed E-state index contributed by atoms with van der Waals surface area (Å²) in [4.78, 5) is 24.0. The van der Waals surface area contributed by atoms with Crippen molar-refractivity contribution < 1.29 is 23.5 Å². The van der Waals surface area contributed by atoms with Gasteiger partial charge in [0.1, 0.15) is 21.7 Å². The van der Waals surface area contributed by atoms with Gasteiger partial charge in [0.2, 0.25) is 0 Å². The van der Waals surface area contributed by atoms with Crippen molar-refractivity contribution in [3.8, 4) is 11.3 Å². The molecular weight excluding hydrogens is 353 g/mol. The number of carbonyl (C=O) groups excluding carboxylic acids is 2. The number of carbonyl (C=O) groups is 2. The fraction of sp³-hybridized carbons (Fsp3) is 0.0625. The third kappa shape index (κ3) is 3.39. The fourth-order valence-corrected chi connectivity index (χ4v) is 3.33. The van der Waals surface area contributed by atoms with Crippen LogP contribution >= 0.6 is 24.0 Å². The van der Waals surface area contributed by atoms with Crippen LogP contribution in [0.4, 0.5) is 4.39 Å². The molecule has 0 atom stereocenters. The molecule has 0 spiro atoms. The molecule has 0 aliphatic carbocycles. The van der Waals surface area contributed by atoms with E-state index < -0.39 is 18.4 Å². The van der Waals surface area contributed by atoms with E-state index in [4.69, 9.17) is 16.6 Å². The lowest BCUT2D eigenvalue weighted by Gasteiger charge is -2.14. The zero-order chi connectivity index (χ0) is 17.3. The summed E-state index contributed by atoms with van der Waals surface area (Å²) in [5, 5.41) is 10.7. The van der Waals surface area contributed by atoms with Gasteiger partial charge in [-0.25, -0.2) is 4.39 Å². The molecule has 8 heteroatoms. The molecule has 1 aliphatic rings. The van der Waals surface area contributed by atoms with Crippen molar-refractivity contribution in [2.75, 3.05) is 6.54 Å². The summed E-state index contributed by atoms with van der Waals surface area (Å²) in [7, 11) is 0. The molecule has 1 aromatic carbocycles. The van der Waals surface area contributed by atoms with Gasteiger partial charge in [-0.05, 0) is 36.4 Å². The van der Waals surface area contributed by atoms with Crippen LogP contribution in [0.25, 0.3) is 17.4 Å². The Labute approximate surface area is 145 Å². The Morgan fingerprint density at radius 3 is 2.67 bits per heavy atom. The molecule has 1 aliphatic heterocycles. The number of benzene rings is 1. The number of rotatable bonds is 4. The molecule has 1 fully saturated rings. The molecule has 0 saturated carbocycles. The van der Waals surface area contributed by atoms with Crippen molar-refractivity contribution in [3.63, 3.8) is 0 Å². The minimum atomic E-state index is -1.39. The van der Waals surface area contributed by atoms with Crippen molar-refractivity contribution in [3.05, 3.63) is 52.9 Å². The molecule has 1 aromatic heterocycles. The number of thioether (sulfide) groups is 1. The zero-order valence-electron chi connectivity index (χ0n) is 12.0. The summed E-state index contributed by atoms with van der Waals surface area (Å²) in [6.45, 7) is -0.582. The van der Waals surface area contributed by atoms with Gasteiger partial charge in [-0.15, -0.1) is 0 Å². The number of carboxylic acids is 1. The monoisotopic (exact) mass is 362 g/mol. The van der Waals surface area contributed by atoms with Crippen LogP contribution in [0, 0.1) is 5.82 Å². The van der Waals surface area contributed by atoms with Crippen LogP contribution in [0.1, 0.15) is 5.76 Å². The zero-order valence-corrected chi connectivity index (χ0v) is 13.7. The number of aliphatic carboxylic acids is 1. The molecule has 0 N–H and O–H groups in total. The van der Waals surface area contributed by atoms with Gasteiger partial charge in [-0.2, -0.15) is 0 Å². The molecule has 1 amide bonds. The van der Waals surface area contributed by atoms with E-state index >= 15 is 0 Å². The van der Waals surface area contributed by atoms with Crippen LogP contribution in [-0.4, -0.2) is 27.6 Å². The quantitative estimate of drug-likeness (QED) is 0.612. The van der Waals surface area contributed by atoms with E-state index in [1.807, 2.05) is 0 Å². The van der Waals surface area contributed by atoms with Gasteiger partial charge in [0.15, 0.2) is 0 Å². The Morgan fingerprint density at radius 1 is 1.29 bits per heavy atom. The lowest BCUT2D eigenvalue weighted by Crippen LogP contribution is -2.40. The number of halogens is 1. The SMILES string of the molecule is O=C([O-])CN1C(=O)/C(=C\c2ccc(-c3ccc(F)cc3)o2)SC1=S. The minimum Gasteiger partial charge on any atom is -0.548 e. The highest BCUT2D eigenvalue weighted by Crippen LogP contribution is 2.33. The molecular formula is C16H9FNO4S2-. The smallest absolute Gasteiger partial charge is 0.266 e. The summed E-state index contributed by atoms with van der Waals surface area (Å²) >= 11 is 5.99. The minimum absolute atomic E-state index is 0.153. The predicted octanol–water partition coefficient (Wildman–Crippen LogP) is 2.04. The van der Waals surface area contributed by atoms with Crippen LogP contribution in [0.3, 0.4) is 0 Å². The first-order chi connectivity index (χ1) is 11.4. The van der Waals surface area contributed by atoms with Crippen LogP contribution < -0.4 is 5.11 Å². The van der Waals surface area contributed by atoms with Crippen LogP contribution in [-0.2, 0) is 9.59 Å². The number of hydrogen-bond donors (Lipinski definition) is 0. The highest BCUT2D eigenvalue weighted by molar-refractivity contribution is 8.26. The molecule has 2 heterocycles. The van der Waals surface area contributed by atoms with Crippen molar-refractivity contribution in [1.82, 2.24) is 4.90 Å². The molecule has 3 rings (SSSR count). The second kappa shape index (κ2) is 6.58. The lowest BCUT2D eigenvalue weighted by atomic mass is 10.2. The number of carboxylic acid groups (broad SMARTS) is 1. The topological polar surface area (TPSA) is 73.6 Å². The largest absolute Gasteiger partial charge is 0.548 e. The van der Waals surface area contributed by atoms with Crippen molar-refractivity contribution >= 4 is 46.3 Å². The highest BCUT2D eigenvalue weighted by atomic mass is 32.2.